The van der Waals surface area contributed by atoms with Crippen LogP contribution in [-0.4, -0.2) is 11.3 Å². The lowest BCUT2D eigenvalue weighted by atomic mass is 10.2. The number of ether oxygens (including phenoxy) is 2. The average Bonchev–Trinajstić information content (AvgIpc) is 2.40. The first-order valence-electron chi connectivity index (χ1n) is 5.74. The van der Waals surface area contributed by atoms with Gasteiger partial charge in [-0.05, 0) is 36.8 Å². The Bertz CT molecular complexity index is 551. The zero-order valence-corrected chi connectivity index (χ0v) is 9.37. The molecule has 17 heavy (non-hydrogen) atoms. The molecule has 1 atom stereocenters. The topological polar surface area (TPSA) is 31.4 Å². The predicted octanol–water partition coefficient (Wildman–Crippen LogP) is 3.26. The van der Waals surface area contributed by atoms with Crippen LogP contribution >= 0.6 is 0 Å². The summed E-state index contributed by atoms with van der Waals surface area (Å²) in [5.74, 6) is 0.825. The van der Waals surface area contributed by atoms with E-state index in [0.29, 0.717) is 0 Å². The molecule has 0 fully saturated rings. The van der Waals surface area contributed by atoms with E-state index in [1.807, 2.05) is 36.4 Å². The molecule has 1 aliphatic heterocycles. The fraction of sp³-hybridized carbons (Fsp3) is 0.214. The second kappa shape index (κ2) is 4.45. The predicted molar refractivity (Wildman–Crippen MR) is 65.6 cm³/mol. The molecule has 2 heterocycles. The lowest BCUT2D eigenvalue weighted by Crippen LogP contribution is -2.19. The number of benzene rings is 1. The number of fused-ring (bicyclic) bond motifs is 1. The zero-order valence-electron chi connectivity index (χ0n) is 9.37. The zero-order chi connectivity index (χ0) is 11.5. The minimum atomic E-state index is -0.172. The van der Waals surface area contributed by atoms with Gasteiger partial charge in [0.15, 0.2) is 0 Å². The van der Waals surface area contributed by atoms with Crippen LogP contribution in [0.5, 0.6) is 5.75 Å². The van der Waals surface area contributed by atoms with E-state index < -0.39 is 0 Å². The molecular weight excluding hydrogens is 214 g/mol. The molecule has 3 nitrogen and oxygen atoms in total. The molecule has 0 saturated heterocycles. The highest BCUT2D eigenvalue weighted by molar-refractivity contribution is 5.79. The fourth-order valence-electron chi connectivity index (χ4n) is 1.88. The maximum absolute atomic E-state index is 5.76. The summed E-state index contributed by atoms with van der Waals surface area (Å²) in [6.07, 6.45) is 7.22. The summed E-state index contributed by atoms with van der Waals surface area (Å²) in [7, 11) is 0. The van der Waals surface area contributed by atoms with Crippen molar-refractivity contribution < 1.29 is 9.47 Å². The van der Waals surface area contributed by atoms with Gasteiger partial charge in [0.25, 0.3) is 0 Å². The fourth-order valence-corrected chi connectivity index (χ4v) is 1.88. The Labute approximate surface area is 99.7 Å². The lowest BCUT2D eigenvalue weighted by Gasteiger charge is -2.20. The summed E-state index contributed by atoms with van der Waals surface area (Å²) in [6.45, 7) is 0. The van der Waals surface area contributed by atoms with Crippen molar-refractivity contribution >= 4 is 10.9 Å². The summed E-state index contributed by atoms with van der Waals surface area (Å²) < 4.78 is 11.1. The van der Waals surface area contributed by atoms with Crippen LogP contribution in [0.1, 0.15) is 12.8 Å². The van der Waals surface area contributed by atoms with Gasteiger partial charge in [0.05, 0.1) is 11.8 Å². The molecule has 86 valence electrons. The van der Waals surface area contributed by atoms with Crippen LogP contribution in [0.2, 0.25) is 0 Å². The number of hydrogen-bond donors (Lipinski definition) is 0. The summed E-state index contributed by atoms with van der Waals surface area (Å²) in [6, 6.07) is 9.83. The molecule has 0 amide bonds. The summed E-state index contributed by atoms with van der Waals surface area (Å²) >= 11 is 0. The minimum Gasteiger partial charge on any atom is -0.463 e. The van der Waals surface area contributed by atoms with Crippen LogP contribution in [0.25, 0.3) is 10.9 Å². The third-order valence-corrected chi connectivity index (χ3v) is 2.74. The molecule has 3 heteroatoms. The highest BCUT2D eigenvalue weighted by Gasteiger charge is 2.12. The SMILES string of the molecule is C1=COC(Oc2ccc3ncccc3c2)CC1. The molecule has 0 aliphatic carbocycles. The minimum absolute atomic E-state index is 0.172. The van der Waals surface area contributed by atoms with E-state index in [-0.39, 0.29) is 6.29 Å². The molecule has 1 aromatic carbocycles. The Morgan fingerprint density at radius 3 is 3.18 bits per heavy atom. The van der Waals surface area contributed by atoms with E-state index in [2.05, 4.69) is 4.98 Å². The van der Waals surface area contributed by atoms with Crippen molar-refractivity contribution in [1.29, 1.82) is 0 Å². The van der Waals surface area contributed by atoms with Gasteiger partial charge in [-0.3, -0.25) is 4.98 Å². The maximum Gasteiger partial charge on any atom is 0.240 e. The van der Waals surface area contributed by atoms with Gasteiger partial charge in [-0.2, -0.15) is 0 Å². The molecule has 0 bridgehead atoms. The van der Waals surface area contributed by atoms with Crippen molar-refractivity contribution in [2.75, 3.05) is 0 Å². The van der Waals surface area contributed by atoms with Gasteiger partial charge < -0.3 is 9.47 Å². The molecule has 2 aromatic rings. The largest absolute Gasteiger partial charge is 0.463 e. The Morgan fingerprint density at radius 2 is 2.29 bits per heavy atom. The van der Waals surface area contributed by atoms with Crippen LogP contribution in [0.3, 0.4) is 0 Å². The number of pyridine rings is 1. The quantitative estimate of drug-likeness (QED) is 0.789. The Morgan fingerprint density at radius 1 is 1.29 bits per heavy atom. The molecule has 0 spiro atoms. The summed E-state index contributed by atoms with van der Waals surface area (Å²) in [5.41, 5.74) is 0.976. The second-order valence-electron chi connectivity index (χ2n) is 3.99. The van der Waals surface area contributed by atoms with Crippen LogP contribution in [0, 0.1) is 0 Å². The van der Waals surface area contributed by atoms with Crippen LogP contribution in [0.15, 0.2) is 48.9 Å². The van der Waals surface area contributed by atoms with E-state index in [4.69, 9.17) is 9.47 Å². The van der Waals surface area contributed by atoms with E-state index in [0.717, 1.165) is 29.5 Å². The van der Waals surface area contributed by atoms with Crippen LogP contribution in [-0.2, 0) is 4.74 Å². The van der Waals surface area contributed by atoms with Crippen LogP contribution in [0.4, 0.5) is 0 Å². The molecule has 3 rings (SSSR count). The van der Waals surface area contributed by atoms with Crippen molar-refractivity contribution in [3.05, 3.63) is 48.9 Å². The number of hydrogen-bond acceptors (Lipinski definition) is 3. The number of rotatable bonds is 2. The van der Waals surface area contributed by atoms with Crippen molar-refractivity contribution in [3.63, 3.8) is 0 Å². The van der Waals surface area contributed by atoms with E-state index >= 15 is 0 Å². The van der Waals surface area contributed by atoms with Gasteiger partial charge in [-0.1, -0.05) is 6.07 Å². The highest BCUT2D eigenvalue weighted by atomic mass is 16.7. The van der Waals surface area contributed by atoms with Gasteiger partial charge in [-0.25, -0.2) is 0 Å². The van der Waals surface area contributed by atoms with Crippen molar-refractivity contribution in [2.24, 2.45) is 0 Å². The van der Waals surface area contributed by atoms with Gasteiger partial charge in [-0.15, -0.1) is 0 Å². The monoisotopic (exact) mass is 227 g/mol. The summed E-state index contributed by atoms with van der Waals surface area (Å²) in [4.78, 5) is 4.27. The molecule has 0 N–H and O–H groups in total. The van der Waals surface area contributed by atoms with Gasteiger partial charge in [0.1, 0.15) is 5.75 Å². The molecule has 1 aliphatic rings. The number of allylic oxidation sites excluding steroid dienone is 1. The van der Waals surface area contributed by atoms with Crippen LogP contribution < -0.4 is 4.74 Å². The first-order valence-corrected chi connectivity index (χ1v) is 5.74. The normalized spacial score (nSPS) is 18.9. The average molecular weight is 227 g/mol. The first kappa shape index (κ1) is 10.1. The van der Waals surface area contributed by atoms with Crippen molar-refractivity contribution in [1.82, 2.24) is 4.98 Å². The van der Waals surface area contributed by atoms with Crippen molar-refractivity contribution in [2.45, 2.75) is 19.1 Å². The Kier molecular flexibility index (Phi) is 2.66. The van der Waals surface area contributed by atoms with Gasteiger partial charge in [0.2, 0.25) is 6.29 Å². The smallest absolute Gasteiger partial charge is 0.240 e. The lowest BCUT2D eigenvalue weighted by molar-refractivity contribution is -0.0414. The third-order valence-electron chi connectivity index (χ3n) is 2.74. The third kappa shape index (κ3) is 2.23. The second-order valence-corrected chi connectivity index (χ2v) is 3.99. The Hall–Kier alpha value is -2.03. The van der Waals surface area contributed by atoms with E-state index in [9.17, 15) is 0 Å². The Balaban J connectivity index is 1.83. The number of nitrogens with zero attached hydrogens (tertiary/aromatic N) is 1. The maximum atomic E-state index is 5.76. The molecule has 0 saturated carbocycles. The molecular formula is C14H13NO2. The van der Waals surface area contributed by atoms with E-state index in [1.165, 1.54) is 0 Å². The van der Waals surface area contributed by atoms with Gasteiger partial charge >= 0.3 is 0 Å². The standard InChI is InChI=1S/C14H13NO2/c1-2-9-16-14(5-1)17-12-6-7-13-11(10-12)4-3-8-15-13/h2-4,6-10,14H,1,5H2. The highest BCUT2D eigenvalue weighted by Crippen LogP contribution is 2.22. The van der Waals surface area contributed by atoms with Crippen molar-refractivity contribution in [3.8, 4) is 5.75 Å². The molecule has 1 unspecified atom stereocenters. The van der Waals surface area contributed by atoms with E-state index in [1.54, 1.807) is 12.5 Å². The number of aromatic nitrogens is 1. The summed E-state index contributed by atoms with van der Waals surface area (Å²) in [5, 5.41) is 1.08. The first-order chi connectivity index (χ1) is 8.42. The molecule has 1 aromatic heterocycles. The van der Waals surface area contributed by atoms with Gasteiger partial charge in [0, 0.05) is 18.0 Å². The molecule has 0 radical (unpaired) electrons.